The van der Waals surface area contributed by atoms with E-state index in [-0.39, 0.29) is 0 Å². The molecule has 2 rings (SSSR count). The van der Waals surface area contributed by atoms with Gasteiger partial charge in [0.1, 0.15) is 0 Å². The fraction of sp³-hybridized carbons (Fsp3) is 1.00. The molecule has 1 aliphatic carbocycles. The van der Waals surface area contributed by atoms with Gasteiger partial charge in [0.2, 0.25) is 0 Å². The fourth-order valence-corrected chi connectivity index (χ4v) is 4.06. The van der Waals surface area contributed by atoms with Crippen molar-refractivity contribution >= 4 is 0 Å². The summed E-state index contributed by atoms with van der Waals surface area (Å²) in [5.41, 5.74) is 0.708. The minimum atomic E-state index is 0.708. The van der Waals surface area contributed by atoms with Gasteiger partial charge in [-0.15, -0.1) is 0 Å². The molecule has 1 nitrogen and oxygen atoms in total. The molecule has 0 radical (unpaired) electrons. The van der Waals surface area contributed by atoms with Crippen molar-refractivity contribution < 1.29 is 0 Å². The van der Waals surface area contributed by atoms with Crippen LogP contribution in [-0.4, -0.2) is 13.1 Å². The van der Waals surface area contributed by atoms with E-state index in [0.717, 1.165) is 17.8 Å². The summed E-state index contributed by atoms with van der Waals surface area (Å²) in [6.07, 6.45) is 5.88. The molecule has 1 heterocycles. The van der Waals surface area contributed by atoms with Crippen molar-refractivity contribution in [3.8, 4) is 0 Å². The first kappa shape index (κ1) is 10.5. The molecule has 1 saturated heterocycles. The maximum absolute atomic E-state index is 3.59. The van der Waals surface area contributed by atoms with Gasteiger partial charge in [-0.05, 0) is 49.1 Å². The first-order valence-electron chi connectivity index (χ1n) is 6.37. The lowest BCUT2D eigenvalue weighted by molar-refractivity contribution is 0.0375. The summed E-state index contributed by atoms with van der Waals surface area (Å²) < 4.78 is 0. The molecule has 1 spiro atoms. The highest BCUT2D eigenvalue weighted by atomic mass is 14.9. The molecular weight excluding hydrogens is 170 g/mol. The standard InChI is InChI=1S/C13H25N/c1-10(2)12-9-14-8-7-13(12)6-4-5-11(13)3/h10-12,14H,4-9H2,1-3H3. The number of piperidine rings is 1. The van der Waals surface area contributed by atoms with Gasteiger partial charge in [0.05, 0.1) is 0 Å². The molecule has 1 aliphatic heterocycles. The van der Waals surface area contributed by atoms with E-state index >= 15 is 0 Å². The van der Waals surface area contributed by atoms with E-state index in [0.29, 0.717) is 5.41 Å². The van der Waals surface area contributed by atoms with Crippen LogP contribution in [-0.2, 0) is 0 Å². The maximum Gasteiger partial charge on any atom is -0.00126 e. The third kappa shape index (κ3) is 1.50. The largest absolute Gasteiger partial charge is 0.316 e. The number of hydrogen-bond acceptors (Lipinski definition) is 1. The summed E-state index contributed by atoms with van der Waals surface area (Å²) in [4.78, 5) is 0. The Morgan fingerprint density at radius 1 is 1.29 bits per heavy atom. The smallest absolute Gasteiger partial charge is 0.00126 e. The van der Waals surface area contributed by atoms with Crippen molar-refractivity contribution in [1.29, 1.82) is 0 Å². The molecule has 0 bridgehead atoms. The van der Waals surface area contributed by atoms with Gasteiger partial charge in [-0.2, -0.15) is 0 Å². The monoisotopic (exact) mass is 195 g/mol. The average Bonchev–Trinajstić information content (AvgIpc) is 2.49. The van der Waals surface area contributed by atoms with Crippen LogP contribution in [0.15, 0.2) is 0 Å². The SMILES string of the molecule is CC(C)C1CNCCC12CCCC2C. The zero-order valence-corrected chi connectivity index (χ0v) is 9.97. The molecule has 3 atom stereocenters. The van der Waals surface area contributed by atoms with E-state index in [1.165, 1.54) is 38.8 Å². The van der Waals surface area contributed by atoms with Crippen LogP contribution in [0.25, 0.3) is 0 Å². The minimum Gasteiger partial charge on any atom is -0.316 e. The Morgan fingerprint density at radius 2 is 2.07 bits per heavy atom. The van der Waals surface area contributed by atoms with Gasteiger partial charge < -0.3 is 5.32 Å². The van der Waals surface area contributed by atoms with E-state index < -0.39 is 0 Å². The molecule has 0 aromatic heterocycles. The van der Waals surface area contributed by atoms with E-state index in [4.69, 9.17) is 0 Å². The predicted molar refractivity (Wildman–Crippen MR) is 61.3 cm³/mol. The van der Waals surface area contributed by atoms with Gasteiger partial charge in [-0.1, -0.05) is 33.6 Å². The van der Waals surface area contributed by atoms with Gasteiger partial charge in [-0.3, -0.25) is 0 Å². The molecule has 82 valence electrons. The molecule has 0 aromatic rings. The van der Waals surface area contributed by atoms with Crippen LogP contribution in [0.1, 0.15) is 46.5 Å². The van der Waals surface area contributed by atoms with Gasteiger partial charge in [0.25, 0.3) is 0 Å². The second-order valence-electron chi connectivity index (χ2n) is 5.83. The van der Waals surface area contributed by atoms with Crippen molar-refractivity contribution in [3.05, 3.63) is 0 Å². The molecule has 14 heavy (non-hydrogen) atoms. The number of hydrogen-bond donors (Lipinski definition) is 1. The second kappa shape index (κ2) is 3.84. The average molecular weight is 195 g/mol. The molecule has 0 aromatic carbocycles. The van der Waals surface area contributed by atoms with Gasteiger partial charge in [0, 0.05) is 0 Å². The van der Waals surface area contributed by atoms with E-state index in [9.17, 15) is 0 Å². The van der Waals surface area contributed by atoms with Crippen LogP contribution >= 0.6 is 0 Å². The summed E-state index contributed by atoms with van der Waals surface area (Å²) in [6.45, 7) is 9.83. The summed E-state index contributed by atoms with van der Waals surface area (Å²) in [6, 6.07) is 0. The minimum absolute atomic E-state index is 0.708. The zero-order chi connectivity index (χ0) is 10.2. The van der Waals surface area contributed by atoms with Gasteiger partial charge >= 0.3 is 0 Å². The second-order valence-corrected chi connectivity index (χ2v) is 5.83. The first-order chi connectivity index (χ1) is 6.67. The normalized spacial score (nSPS) is 43.7. The van der Waals surface area contributed by atoms with Gasteiger partial charge in [-0.25, -0.2) is 0 Å². The lowest BCUT2D eigenvalue weighted by atomic mass is 9.61. The predicted octanol–water partition coefficient (Wildman–Crippen LogP) is 3.06. The van der Waals surface area contributed by atoms with Crippen LogP contribution in [0.4, 0.5) is 0 Å². The quantitative estimate of drug-likeness (QED) is 0.678. The Kier molecular flexibility index (Phi) is 2.88. The van der Waals surface area contributed by atoms with Crippen molar-refractivity contribution in [2.75, 3.05) is 13.1 Å². The Morgan fingerprint density at radius 3 is 2.64 bits per heavy atom. The molecule has 1 saturated carbocycles. The molecular formula is C13H25N. The van der Waals surface area contributed by atoms with E-state index in [1.54, 1.807) is 0 Å². The highest BCUT2D eigenvalue weighted by Crippen LogP contribution is 2.54. The van der Waals surface area contributed by atoms with Crippen molar-refractivity contribution in [3.63, 3.8) is 0 Å². The Bertz CT molecular complexity index is 199. The number of nitrogens with one attached hydrogen (secondary N) is 1. The van der Waals surface area contributed by atoms with Crippen LogP contribution < -0.4 is 5.32 Å². The lowest BCUT2D eigenvalue weighted by Crippen LogP contribution is -2.48. The highest BCUT2D eigenvalue weighted by molar-refractivity contribution is 4.99. The highest BCUT2D eigenvalue weighted by Gasteiger charge is 2.47. The Labute approximate surface area is 88.7 Å². The molecule has 3 unspecified atom stereocenters. The molecule has 1 heteroatoms. The Balaban J connectivity index is 2.19. The van der Waals surface area contributed by atoms with E-state index in [1.807, 2.05) is 0 Å². The Hall–Kier alpha value is -0.0400. The van der Waals surface area contributed by atoms with Gasteiger partial charge in [0.15, 0.2) is 0 Å². The molecule has 2 aliphatic rings. The molecule has 2 fully saturated rings. The third-order valence-corrected chi connectivity index (χ3v) is 4.94. The summed E-state index contributed by atoms with van der Waals surface area (Å²) in [5.74, 6) is 2.74. The number of rotatable bonds is 1. The summed E-state index contributed by atoms with van der Waals surface area (Å²) in [7, 11) is 0. The summed E-state index contributed by atoms with van der Waals surface area (Å²) in [5, 5.41) is 3.59. The molecule has 1 N–H and O–H groups in total. The van der Waals surface area contributed by atoms with E-state index in [2.05, 4.69) is 26.1 Å². The molecule has 0 amide bonds. The van der Waals surface area contributed by atoms with Crippen LogP contribution in [0.2, 0.25) is 0 Å². The van der Waals surface area contributed by atoms with Crippen molar-refractivity contribution in [2.24, 2.45) is 23.2 Å². The first-order valence-corrected chi connectivity index (χ1v) is 6.37. The zero-order valence-electron chi connectivity index (χ0n) is 9.97. The fourth-order valence-electron chi connectivity index (χ4n) is 4.06. The lowest BCUT2D eigenvalue weighted by Gasteiger charge is -2.47. The maximum atomic E-state index is 3.59. The third-order valence-electron chi connectivity index (χ3n) is 4.94. The van der Waals surface area contributed by atoms with Crippen LogP contribution in [0.3, 0.4) is 0 Å². The topological polar surface area (TPSA) is 12.0 Å². The van der Waals surface area contributed by atoms with Crippen molar-refractivity contribution in [1.82, 2.24) is 5.32 Å². The van der Waals surface area contributed by atoms with Crippen LogP contribution in [0, 0.1) is 23.2 Å². The summed E-state index contributed by atoms with van der Waals surface area (Å²) >= 11 is 0. The van der Waals surface area contributed by atoms with Crippen molar-refractivity contribution in [2.45, 2.75) is 46.5 Å². The van der Waals surface area contributed by atoms with Crippen LogP contribution in [0.5, 0.6) is 0 Å².